The average molecular weight is 324 g/mol. The molecule has 1 heterocycles. The van der Waals surface area contributed by atoms with Crippen LogP contribution in [-0.2, 0) is 17.2 Å². The Morgan fingerprint density at radius 3 is 2.64 bits per heavy atom. The molecule has 2 atom stereocenters. The standard InChI is InChI=1S/C18H28O3S/c1-3-4-5-6-7-8-11-22(19)15(2)12-16-9-10-17-18(13-16)21-14-20-17/h9-10,13,15H,3-8,11-12,14H2,1-2H3/t15-,22-/m1/s1. The van der Waals surface area contributed by atoms with Gasteiger partial charge in [-0.25, -0.2) is 0 Å². The number of ether oxygens (including phenoxy) is 2. The van der Waals surface area contributed by atoms with Gasteiger partial charge in [-0.2, -0.15) is 0 Å². The maximum Gasteiger partial charge on any atom is 0.231 e. The number of hydrogen-bond acceptors (Lipinski definition) is 3. The van der Waals surface area contributed by atoms with E-state index in [0.29, 0.717) is 6.79 Å². The van der Waals surface area contributed by atoms with E-state index in [1.165, 1.54) is 37.7 Å². The van der Waals surface area contributed by atoms with Crippen LogP contribution in [0, 0.1) is 0 Å². The second-order valence-electron chi connectivity index (χ2n) is 6.05. The second kappa shape index (κ2) is 9.19. The lowest BCUT2D eigenvalue weighted by Gasteiger charge is -2.12. The van der Waals surface area contributed by atoms with Crippen LogP contribution in [0.25, 0.3) is 0 Å². The van der Waals surface area contributed by atoms with Crippen LogP contribution in [0.1, 0.15) is 57.9 Å². The van der Waals surface area contributed by atoms with Gasteiger partial charge in [-0.15, -0.1) is 0 Å². The molecule has 0 unspecified atom stereocenters. The number of hydrogen-bond donors (Lipinski definition) is 0. The Morgan fingerprint density at radius 2 is 1.82 bits per heavy atom. The van der Waals surface area contributed by atoms with Crippen LogP contribution in [0.5, 0.6) is 11.5 Å². The van der Waals surface area contributed by atoms with Crippen molar-refractivity contribution < 1.29 is 13.7 Å². The maximum atomic E-state index is 12.3. The summed E-state index contributed by atoms with van der Waals surface area (Å²) < 4.78 is 23.0. The van der Waals surface area contributed by atoms with Crippen molar-refractivity contribution in [1.82, 2.24) is 0 Å². The molecule has 4 heteroatoms. The highest BCUT2D eigenvalue weighted by molar-refractivity contribution is 7.85. The van der Waals surface area contributed by atoms with E-state index in [1.54, 1.807) is 0 Å². The lowest BCUT2D eigenvalue weighted by molar-refractivity contribution is 0.174. The molecular formula is C18H28O3S. The Balaban J connectivity index is 1.70. The third kappa shape index (κ3) is 5.31. The van der Waals surface area contributed by atoms with Gasteiger partial charge in [0.1, 0.15) is 0 Å². The van der Waals surface area contributed by atoms with Crippen LogP contribution in [0.2, 0.25) is 0 Å². The van der Waals surface area contributed by atoms with Crippen molar-refractivity contribution in [3.05, 3.63) is 23.8 Å². The molecule has 0 fully saturated rings. The predicted molar refractivity (Wildman–Crippen MR) is 92.1 cm³/mol. The number of fused-ring (bicyclic) bond motifs is 1. The molecular weight excluding hydrogens is 296 g/mol. The molecule has 0 bridgehead atoms. The van der Waals surface area contributed by atoms with E-state index in [0.717, 1.165) is 30.1 Å². The van der Waals surface area contributed by atoms with Crippen LogP contribution in [0.4, 0.5) is 0 Å². The Bertz CT molecular complexity index is 487. The number of rotatable bonds is 10. The van der Waals surface area contributed by atoms with E-state index in [4.69, 9.17) is 9.47 Å². The minimum absolute atomic E-state index is 0.191. The van der Waals surface area contributed by atoms with Gasteiger partial charge in [0.05, 0.1) is 0 Å². The zero-order valence-corrected chi connectivity index (χ0v) is 14.6. The van der Waals surface area contributed by atoms with Crippen molar-refractivity contribution in [2.24, 2.45) is 0 Å². The summed E-state index contributed by atoms with van der Waals surface area (Å²) in [5.74, 6) is 2.45. The lowest BCUT2D eigenvalue weighted by Crippen LogP contribution is -2.16. The van der Waals surface area contributed by atoms with E-state index in [1.807, 2.05) is 18.2 Å². The summed E-state index contributed by atoms with van der Waals surface area (Å²) >= 11 is 0. The van der Waals surface area contributed by atoms with Gasteiger partial charge in [0, 0.05) is 21.8 Å². The Labute approximate surface area is 136 Å². The molecule has 124 valence electrons. The topological polar surface area (TPSA) is 35.5 Å². The van der Waals surface area contributed by atoms with Gasteiger partial charge < -0.3 is 9.47 Å². The molecule has 3 nitrogen and oxygen atoms in total. The molecule has 1 aliphatic rings. The number of unbranched alkanes of at least 4 members (excludes halogenated alkanes) is 5. The Kier molecular flexibility index (Phi) is 7.23. The summed E-state index contributed by atoms with van der Waals surface area (Å²) in [7, 11) is -0.743. The summed E-state index contributed by atoms with van der Waals surface area (Å²) in [6.07, 6.45) is 8.32. The van der Waals surface area contributed by atoms with Crippen LogP contribution in [-0.4, -0.2) is 22.0 Å². The smallest absolute Gasteiger partial charge is 0.231 e. The highest BCUT2D eigenvalue weighted by Crippen LogP contribution is 2.33. The number of benzene rings is 1. The predicted octanol–water partition coefficient (Wildman–Crippen LogP) is 4.46. The van der Waals surface area contributed by atoms with Crippen molar-refractivity contribution in [1.29, 1.82) is 0 Å². The first-order chi connectivity index (χ1) is 10.7. The molecule has 0 aliphatic carbocycles. The molecule has 0 saturated heterocycles. The summed E-state index contributed by atoms with van der Waals surface area (Å²) in [4.78, 5) is 0. The van der Waals surface area contributed by atoms with Crippen molar-refractivity contribution in [2.75, 3.05) is 12.5 Å². The largest absolute Gasteiger partial charge is 0.454 e. The van der Waals surface area contributed by atoms with Gasteiger partial charge in [-0.3, -0.25) is 4.21 Å². The fraction of sp³-hybridized carbons (Fsp3) is 0.667. The summed E-state index contributed by atoms with van der Waals surface area (Å²) in [6.45, 7) is 4.61. The van der Waals surface area contributed by atoms with Gasteiger partial charge in [0.25, 0.3) is 0 Å². The van der Waals surface area contributed by atoms with Crippen LogP contribution >= 0.6 is 0 Å². The molecule has 0 spiro atoms. The second-order valence-corrected chi connectivity index (χ2v) is 8.03. The zero-order valence-electron chi connectivity index (χ0n) is 13.8. The van der Waals surface area contributed by atoms with Crippen molar-refractivity contribution in [3.8, 4) is 11.5 Å². The molecule has 0 aromatic heterocycles. The fourth-order valence-electron chi connectivity index (χ4n) is 2.72. The minimum Gasteiger partial charge on any atom is -0.454 e. The van der Waals surface area contributed by atoms with Crippen molar-refractivity contribution in [2.45, 2.75) is 64.0 Å². The monoisotopic (exact) mass is 324 g/mol. The first kappa shape index (κ1) is 17.3. The van der Waals surface area contributed by atoms with Gasteiger partial charge in [-0.05, 0) is 30.5 Å². The van der Waals surface area contributed by atoms with Crippen LogP contribution < -0.4 is 9.47 Å². The molecule has 0 radical (unpaired) electrons. The molecule has 0 saturated carbocycles. The lowest BCUT2D eigenvalue weighted by atomic mass is 10.1. The normalized spacial score (nSPS) is 15.7. The Morgan fingerprint density at radius 1 is 1.09 bits per heavy atom. The third-order valence-electron chi connectivity index (χ3n) is 4.11. The van der Waals surface area contributed by atoms with E-state index in [9.17, 15) is 4.21 Å². The fourth-order valence-corrected chi connectivity index (χ4v) is 3.99. The van der Waals surface area contributed by atoms with Crippen molar-refractivity contribution in [3.63, 3.8) is 0 Å². The molecule has 2 rings (SSSR count). The quantitative estimate of drug-likeness (QED) is 0.596. The minimum atomic E-state index is -0.743. The van der Waals surface area contributed by atoms with E-state index < -0.39 is 10.8 Å². The molecule has 1 aromatic rings. The van der Waals surface area contributed by atoms with E-state index >= 15 is 0 Å². The highest BCUT2D eigenvalue weighted by atomic mass is 32.2. The van der Waals surface area contributed by atoms with E-state index in [2.05, 4.69) is 13.8 Å². The first-order valence-electron chi connectivity index (χ1n) is 8.46. The Hall–Kier alpha value is -1.03. The highest BCUT2D eigenvalue weighted by Gasteiger charge is 2.16. The summed E-state index contributed by atoms with van der Waals surface area (Å²) in [5.41, 5.74) is 1.17. The van der Waals surface area contributed by atoms with Crippen LogP contribution in [0.15, 0.2) is 18.2 Å². The van der Waals surface area contributed by atoms with Crippen molar-refractivity contribution >= 4 is 10.8 Å². The van der Waals surface area contributed by atoms with Gasteiger partial charge in [0.2, 0.25) is 6.79 Å². The van der Waals surface area contributed by atoms with Gasteiger partial charge in [-0.1, -0.05) is 52.0 Å². The summed E-state index contributed by atoms with van der Waals surface area (Å²) in [6, 6.07) is 6.01. The first-order valence-corrected chi connectivity index (χ1v) is 9.84. The molecule has 0 amide bonds. The molecule has 22 heavy (non-hydrogen) atoms. The maximum absolute atomic E-state index is 12.3. The molecule has 0 N–H and O–H groups in total. The summed E-state index contributed by atoms with van der Waals surface area (Å²) in [5, 5.41) is 0.191. The van der Waals surface area contributed by atoms with Gasteiger partial charge in [0.15, 0.2) is 11.5 Å². The third-order valence-corrected chi connectivity index (χ3v) is 5.86. The van der Waals surface area contributed by atoms with E-state index in [-0.39, 0.29) is 5.25 Å². The molecule has 1 aliphatic heterocycles. The van der Waals surface area contributed by atoms with Gasteiger partial charge >= 0.3 is 0 Å². The molecule has 1 aromatic carbocycles. The van der Waals surface area contributed by atoms with Crippen LogP contribution in [0.3, 0.4) is 0 Å². The average Bonchev–Trinajstić information content (AvgIpc) is 2.98. The zero-order chi connectivity index (χ0) is 15.8. The SMILES string of the molecule is CCCCCCCC[S@@](=O)[C@H](C)Cc1ccc2c(c1)OCO2.